The zero-order valence-electron chi connectivity index (χ0n) is 10.3. The van der Waals surface area contributed by atoms with Gasteiger partial charge in [-0.05, 0) is 5.92 Å². The fraction of sp³-hybridized carbons (Fsp3) is 0.636. The van der Waals surface area contributed by atoms with Crippen molar-refractivity contribution in [3.8, 4) is 0 Å². The summed E-state index contributed by atoms with van der Waals surface area (Å²) < 4.78 is 25.6. The molecule has 1 rings (SSSR count). The predicted octanol–water partition coefficient (Wildman–Crippen LogP) is 0.937. The van der Waals surface area contributed by atoms with Gasteiger partial charge in [0, 0.05) is 25.5 Å². The number of aromatic nitrogens is 2. The molecule has 0 saturated heterocycles. The normalized spacial score (nSPS) is 13.1. The number of nitrogens with zero attached hydrogens (tertiary/aromatic N) is 2. The van der Waals surface area contributed by atoms with Crippen LogP contribution in [0.25, 0.3) is 0 Å². The quantitative estimate of drug-likeness (QED) is 0.799. The van der Waals surface area contributed by atoms with Crippen LogP contribution in [0.2, 0.25) is 0 Å². The number of halogens is 2. The molecule has 0 fully saturated rings. The minimum atomic E-state index is -2.85. The topological polar surface area (TPSA) is 67.2 Å². The van der Waals surface area contributed by atoms with E-state index in [0.29, 0.717) is 6.54 Å². The Hall–Kier alpha value is -1.50. The number of alkyl halides is 2. The van der Waals surface area contributed by atoms with Crippen molar-refractivity contribution in [2.24, 2.45) is 5.92 Å². The van der Waals surface area contributed by atoms with Gasteiger partial charge in [-0.15, -0.1) is 0 Å². The van der Waals surface area contributed by atoms with Gasteiger partial charge in [0.1, 0.15) is 6.10 Å². The molecule has 0 aliphatic rings. The van der Waals surface area contributed by atoms with Crippen molar-refractivity contribution in [1.82, 2.24) is 9.55 Å². The Morgan fingerprint density at radius 3 is 2.72 bits per heavy atom. The molecule has 5 nitrogen and oxygen atoms in total. The molecular formula is C11H17F2N3O2. The lowest BCUT2D eigenvalue weighted by molar-refractivity contribution is 0.00379. The summed E-state index contributed by atoms with van der Waals surface area (Å²) in [6.45, 7) is 4.03. The van der Waals surface area contributed by atoms with E-state index in [4.69, 9.17) is 5.11 Å². The summed E-state index contributed by atoms with van der Waals surface area (Å²) in [5.74, 6) is 0.252. The monoisotopic (exact) mass is 261 g/mol. The molecule has 0 aliphatic heterocycles. The van der Waals surface area contributed by atoms with E-state index < -0.39 is 19.1 Å². The maximum absolute atomic E-state index is 12.1. The highest BCUT2D eigenvalue weighted by atomic mass is 19.3. The van der Waals surface area contributed by atoms with Crippen LogP contribution in [0, 0.1) is 5.92 Å². The van der Waals surface area contributed by atoms with Crippen molar-refractivity contribution in [1.29, 1.82) is 0 Å². The van der Waals surface area contributed by atoms with Crippen LogP contribution in [-0.4, -0.2) is 33.7 Å². The molecule has 102 valence electrons. The van der Waals surface area contributed by atoms with Crippen LogP contribution >= 0.6 is 0 Å². The van der Waals surface area contributed by atoms with E-state index in [1.807, 2.05) is 13.8 Å². The molecule has 0 radical (unpaired) electrons. The Morgan fingerprint density at radius 1 is 1.50 bits per heavy atom. The largest absolute Gasteiger partial charge is 0.385 e. The molecule has 0 aliphatic carbocycles. The number of anilines is 1. The van der Waals surface area contributed by atoms with E-state index in [2.05, 4.69) is 10.3 Å². The van der Waals surface area contributed by atoms with E-state index in [9.17, 15) is 13.6 Å². The average molecular weight is 261 g/mol. The highest BCUT2D eigenvalue weighted by molar-refractivity contribution is 5.30. The molecule has 7 heteroatoms. The number of hydrogen-bond donors (Lipinski definition) is 2. The Labute approximate surface area is 103 Å². The molecule has 1 atom stereocenters. The molecule has 1 heterocycles. The van der Waals surface area contributed by atoms with Crippen molar-refractivity contribution in [3.63, 3.8) is 0 Å². The Bertz CT molecular complexity index is 435. The smallest absolute Gasteiger partial charge is 0.293 e. The molecule has 0 aromatic carbocycles. The van der Waals surface area contributed by atoms with Gasteiger partial charge in [0.15, 0.2) is 5.82 Å². The first-order valence-electron chi connectivity index (χ1n) is 5.67. The van der Waals surface area contributed by atoms with E-state index >= 15 is 0 Å². The lowest BCUT2D eigenvalue weighted by Gasteiger charge is -2.13. The fourth-order valence-electron chi connectivity index (χ4n) is 1.40. The average Bonchev–Trinajstić information content (AvgIpc) is 2.29. The van der Waals surface area contributed by atoms with E-state index in [1.54, 1.807) is 0 Å². The van der Waals surface area contributed by atoms with Gasteiger partial charge < -0.3 is 15.0 Å². The molecule has 0 spiro atoms. The van der Waals surface area contributed by atoms with Gasteiger partial charge in [-0.1, -0.05) is 13.8 Å². The highest BCUT2D eigenvalue weighted by Gasteiger charge is 2.17. The fourth-order valence-corrected chi connectivity index (χ4v) is 1.40. The highest BCUT2D eigenvalue weighted by Crippen LogP contribution is 2.02. The lowest BCUT2D eigenvalue weighted by atomic mass is 10.2. The van der Waals surface area contributed by atoms with Crippen molar-refractivity contribution in [3.05, 3.63) is 22.7 Å². The maximum atomic E-state index is 12.1. The summed E-state index contributed by atoms with van der Waals surface area (Å²) in [5, 5.41) is 11.4. The third-order valence-corrected chi connectivity index (χ3v) is 2.25. The summed E-state index contributed by atoms with van der Waals surface area (Å²) in [6, 6.07) is 0. The van der Waals surface area contributed by atoms with Crippen molar-refractivity contribution in [2.75, 3.05) is 11.9 Å². The van der Waals surface area contributed by atoms with E-state index in [0.717, 1.165) is 0 Å². The Kier molecular flexibility index (Phi) is 5.21. The zero-order chi connectivity index (χ0) is 13.7. The van der Waals surface area contributed by atoms with Gasteiger partial charge in [-0.25, -0.2) is 13.8 Å². The predicted molar refractivity (Wildman–Crippen MR) is 63.8 cm³/mol. The minimum Gasteiger partial charge on any atom is -0.385 e. The first-order valence-corrected chi connectivity index (χ1v) is 5.67. The van der Waals surface area contributed by atoms with Crippen LogP contribution in [0.3, 0.4) is 0 Å². The number of rotatable bonds is 6. The van der Waals surface area contributed by atoms with Crippen molar-refractivity contribution >= 4 is 5.82 Å². The number of nitrogens with one attached hydrogen (secondary N) is 1. The van der Waals surface area contributed by atoms with Gasteiger partial charge in [0.2, 0.25) is 0 Å². The van der Waals surface area contributed by atoms with Crippen LogP contribution < -0.4 is 10.9 Å². The first-order chi connectivity index (χ1) is 8.41. The lowest BCUT2D eigenvalue weighted by Crippen LogP contribution is -2.31. The second-order valence-electron chi connectivity index (χ2n) is 4.41. The summed E-state index contributed by atoms with van der Waals surface area (Å²) in [4.78, 5) is 15.6. The molecule has 0 amide bonds. The second kappa shape index (κ2) is 6.44. The molecule has 18 heavy (non-hydrogen) atoms. The molecule has 1 aromatic heterocycles. The van der Waals surface area contributed by atoms with Gasteiger partial charge >= 0.3 is 0 Å². The van der Waals surface area contributed by atoms with Crippen LogP contribution in [0.15, 0.2) is 17.2 Å². The zero-order valence-corrected chi connectivity index (χ0v) is 10.3. The van der Waals surface area contributed by atoms with Crippen LogP contribution in [0.4, 0.5) is 14.6 Å². The Morgan fingerprint density at radius 2 is 2.17 bits per heavy atom. The third-order valence-electron chi connectivity index (χ3n) is 2.25. The minimum absolute atomic E-state index is 0.0298. The van der Waals surface area contributed by atoms with Crippen molar-refractivity contribution < 1.29 is 13.9 Å². The molecule has 0 saturated carbocycles. The van der Waals surface area contributed by atoms with Gasteiger partial charge in [-0.3, -0.25) is 4.79 Å². The summed E-state index contributed by atoms with van der Waals surface area (Å²) in [7, 11) is 0. The number of aliphatic hydroxyl groups is 1. The molecule has 1 aromatic rings. The van der Waals surface area contributed by atoms with Crippen LogP contribution in [0.5, 0.6) is 0 Å². The van der Waals surface area contributed by atoms with Crippen LogP contribution in [-0.2, 0) is 6.54 Å². The number of aliphatic hydroxyl groups excluding tert-OH is 1. The summed E-state index contributed by atoms with van der Waals surface area (Å²) >= 11 is 0. The molecular weight excluding hydrogens is 244 g/mol. The molecule has 1 unspecified atom stereocenters. The van der Waals surface area contributed by atoms with Crippen molar-refractivity contribution in [2.45, 2.75) is 32.9 Å². The standard InChI is InChI=1S/C11H17F2N3O2/c1-7(2)6-16-4-3-14-10(11(16)18)15-5-8(17)9(12)13/h3-4,7-9,17H,5-6H2,1-2H3,(H,14,15). The van der Waals surface area contributed by atoms with Gasteiger partial charge in [-0.2, -0.15) is 0 Å². The third kappa shape index (κ3) is 4.06. The molecule has 2 N–H and O–H groups in total. The molecule has 0 bridgehead atoms. The number of hydrogen-bond acceptors (Lipinski definition) is 4. The van der Waals surface area contributed by atoms with Gasteiger partial charge in [0.05, 0.1) is 0 Å². The van der Waals surface area contributed by atoms with Gasteiger partial charge in [0.25, 0.3) is 12.0 Å². The second-order valence-corrected chi connectivity index (χ2v) is 4.41. The SMILES string of the molecule is CC(C)Cn1ccnc(NCC(O)C(F)F)c1=O. The van der Waals surface area contributed by atoms with E-state index in [-0.39, 0.29) is 17.3 Å². The van der Waals surface area contributed by atoms with E-state index in [1.165, 1.54) is 17.0 Å². The first kappa shape index (κ1) is 14.6. The summed E-state index contributed by atoms with van der Waals surface area (Å²) in [6.07, 6.45) is -1.71. The Balaban J connectivity index is 2.75. The maximum Gasteiger partial charge on any atom is 0.293 e. The van der Waals surface area contributed by atoms with Crippen LogP contribution in [0.1, 0.15) is 13.8 Å². The summed E-state index contributed by atoms with van der Waals surface area (Å²) in [5.41, 5.74) is -0.382.